The molecule has 98 valence electrons. The predicted molar refractivity (Wildman–Crippen MR) is 64.3 cm³/mol. The number of carbonyl (C=O) groups is 1. The van der Waals surface area contributed by atoms with Gasteiger partial charge in [-0.3, -0.25) is 0 Å². The van der Waals surface area contributed by atoms with Gasteiger partial charge in [0.2, 0.25) is 0 Å². The van der Waals surface area contributed by atoms with Gasteiger partial charge in [0.05, 0.1) is 0 Å². The summed E-state index contributed by atoms with van der Waals surface area (Å²) >= 11 is 0. The van der Waals surface area contributed by atoms with E-state index in [2.05, 4.69) is 0 Å². The Hall–Kier alpha value is -1.75. The van der Waals surface area contributed by atoms with Gasteiger partial charge in [0.15, 0.2) is 0 Å². The van der Waals surface area contributed by atoms with Crippen LogP contribution in [0.1, 0.15) is 5.56 Å². The number of halogens is 2. The van der Waals surface area contributed by atoms with Gasteiger partial charge in [-0.1, -0.05) is 12.1 Å². The van der Waals surface area contributed by atoms with Crippen LogP contribution in [0, 0.1) is 11.6 Å². The highest BCUT2D eigenvalue weighted by molar-refractivity contribution is 5.79. The summed E-state index contributed by atoms with van der Waals surface area (Å²) in [4.78, 5) is 12.1. The van der Waals surface area contributed by atoms with E-state index in [4.69, 9.17) is 5.11 Å². The number of hydrogen-bond donors (Lipinski definition) is 1. The summed E-state index contributed by atoms with van der Waals surface area (Å²) in [6.07, 6.45) is 3.03. The van der Waals surface area contributed by atoms with Crippen LogP contribution in [0.3, 0.4) is 0 Å². The molecular formula is C13H15F2NO2. The molecule has 0 heterocycles. The minimum atomic E-state index is -0.993. The number of nitrogens with zero attached hydrogens (tertiary/aromatic N) is 1. The second-order valence-electron chi connectivity index (χ2n) is 3.99. The number of aliphatic carboxylic acids is 1. The number of likely N-dealkylation sites (N-methyl/N-ethyl adjacent to an activating group) is 1. The molecule has 0 fully saturated rings. The molecule has 0 atom stereocenters. The Balaban J connectivity index is 2.42. The van der Waals surface area contributed by atoms with E-state index in [9.17, 15) is 13.6 Å². The van der Waals surface area contributed by atoms with Gasteiger partial charge in [0, 0.05) is 25.2 Å². The van der Waals surface area contributed by atoms with Crippen LogP contribution in [0.4, 0.5) is 8.78 Å². The lowest BCUT2D eigenvalue weighted by Gasteiger charge is -2.14. The topological polar surface area (TPSA) is 40.5 Å². The molecule has 3 nitrogen and oxygen atoms in total. The van der Waals surface area contributed by atoms with E-state index in [0.717, 1.165) is 12.1 Å². The molecule has 5 heteroatoms. The Kier molecular flexibility index (Phi) is 5.45. The van der Waals surface area contributed by atoms with E-state index in [1.54, 1.807) is 7.05 Å². The van der Waals surface area contributed by atoms with Crippen molar-refractivity contribution in [1.82, 2.24) is 4.90 Å². The molecule has 0 amide bonds. The maximum Gasteiger partial charge on any atom is 0.328 e. The van der Waals surface area contributed by atoms with E-state index in [1.165, 1.54) is 18.2 Å². The average molecular weight is 255 g/mol. The van der Waals surface area contributed by atoms with Crippen molar-refractivity contribution in [3.63, 3.8) is 0 Å². The number of carboxylic acids is 1. The van der Waals surface area contributed by atoms with Crippen LogP contribution in [0.15, 0.2) is 30.4 Å². The lowest BCUT2D eigenvalue weighted by molar-refractivity contribution is -0.131. The van der Waals surface area contributed by atoms with Gasteiger partial charge in [-0.2, -0.15) is 0 Å². The fourth-order valence-corrected chi connectivity index (χ4v) is 1.46. The molecule has 0 bridgehead atoms. The summed E-state index contributed by atoms with van der Waals surface area (Å²) in [5, 5.41) is 8.41. The summed E-state index contributed by atoms with van der Waals surface area (Å²) in [7, 11) is 1.80. The standard InChI is InChI=1S/C13H15F2NO2/c1-16(7-2-3-13(17)18)8-6-10-4-5-11(14)9-12(10)15/h2-5,9H,6-8H2,1H3,(H,17,18)/b3-2+. The quantitative estimate of drug-likeness (QED) is 0.791. The first-order chi connectivity index (χ1) is 8.49. The average Bonchev–Trinajstić information content (AvgIpc) is 2.27. The van der Waals surface area contributed by atoms with Crippen molar-refractivity contribution in [2.45, 2.75) is 6.42 Å². The van der Waals surface area contributed by atoms with Gasteiger partial charge in [0.25, 0.3) is 0 Å². The molecule has 0 aliphatic carbocycles. The van der Waals surface area contributed by atoms with Crippen LogP contribution >= 0.6 is 0 Å². The van der Waals surface area contributed by atoms with Gasteiger partial charge in [-0.15, -0.1) is 0 Å². The zero-order valence-electron chi connectivity index (χ0n) is 10.1. The normalized spacial score (nSPS) is 11.3. The van der Waals surface area contributed by atoms with Crippen molar-refractivity contribution in [2.24, 2.45) is 0 Å². The zero-order valence-corrected chi connectivity index (χ0v) is 10.1. The molecule has 18 heavy (non-hydrogen) atoms. The Morgan fingerprint density at radius 3 is 2.78 bits per heavy atom. The summed E-state index contributed by atoms with van der Waals surface area (Å²) in [6.45, 7) is 1.03. The van der Waals surface area contributed by atoms with Gasteiger partial charge in [-0.25, -0.2) is 13.6 Å². The Morgan fingerprint density at radius 2 is 2.17 bits per heavy atom. The monoisotopic (exact) mass is 255 g/mol. The Morgan fingerprint density at radius 1 is 1.44 bits per heavy atom. The van der Waals surface area contributed by atoms with E-state index in [0.29, 0.717) is 25.1 Å². The Bertz CT molecular complexity index is 447. The number of hydrogen-bond acceptors (Lipinski definition) is 2. The fraction of sp³-hybridized carbons (Fsp3) is 0.308. The number of benzene rings is 1. The molecule has 0 aromatic heterocycles. The fourth-order valence-electron chi connectivity index (χ4n) is 1.46. The van der Waals surface area contributed by atoms with E-state index < -0.39 is 17.6 Å². The third-order valence-electron chi connectivity index (χ3n) is 2.46. The summed E-state index contributed by atoms with van der Waals surface area (Å²) in [5.74, 6) is -2.13. The minimum Gasteiger partial charge on any atom is -0.478 e. The van der Waals surface area contributed by atoms with Gasteiger partial charge in [0.1, 0.15) is 11.6 Å². The lowest BCUT2D eigenvalue weighted by atomic mass is 10.1. The zero-order chi connectivity index (χ0) is 13.5. The van der Waals surface area contributed by atoms with Crippen molar-refractivity contribution in [1.29, 1.82) is 0 Å². The molecule has 1 aromatic carbocycles. The van der Waals surface area contributed by atoms with Crippen LogP contribution in [-0.2, 0) is 11.2 Å². The third-order valence-corrected chi connectivity index (χ3v) is 2.46. The van der Waals surface area contributed by atoms with Crippen LogP contribution < -0.4 is 0 Å². The third kappa shape index (κ3) is 5.05. The van der Waals surface area contributed by atoms with Gasteiger partial charge >= 0.3 is 5.97 Å². The van der Waals surface area contributed by atoms with E-state index in [-0.39, 0.29) is 0 Å². The molecule has 0 spiro atoms. The van der Waals surface area contributed by atoms with E-state index in [1.807, 2.05) is 4.90 Å². The number of rotatable bonds is 6. The van der Waals surface area contributed by atoms with Crippen LogP contribution in [0.25, 0.3) is 0 Å². The summed E-state index contributed by atoms with van der Waals surface area (Å²) in [5.41, 5.74) is 0.450. The van der Waals surface area contributed by atoms with Gasteiger partial charge < -0.3 is 10.0 Å². The molecule has 1 N–H and O–H groups in total. The molecule has 1 aromatic rings. The molecule has 0 saturated carbocycles. The molecular weight excluding hydrogens is 240 g/mol. The molecule has 0 saturated heterocycles. The van der Waals surface area contributed by atoms with E-state index >= 15 is 0 Å². The number of carboxylic acid groups (broad SMARTS) is 1. The predicted octanol–water partition coefficient (Wildman–Crippen LogP) is 2.08. The smallest absolute Gasteiger partial charge is 0.328 e. The van der Waals surface area contributed by atoms with Crippen LogP contribution in [0.5, 0.6) is 0 Å². The Labute approximate surface area is 104 Å². The molecule has 0 aliphatic rings. The minimum absolute atomic E-state index is 0.448. The first-order valence-corrected chi connectivity index (χ1v) is 5.51. The van der Waals surface area contributed by atoms with Gasteiger partial charge in [-0.05, 0) is 25.1 Å². The SMILES string of the molecule is CN(C/C=C/C(=O)O)CCc1ccc(F)cc1F. The van der Waals surface area contributed by atoms with Crippen molar-refractivity contribution < 1.29 is 18.7 Å². The highest BCUT2D eigenvalue weighted by Gasteiger charge is 2.04. The first kappa shape index (κ1) is 14.3. The van der Waals surface area contributed by atoms with Crippen LogP contribution in [0.2, 0.25) is 0 Å². The molecule has 0 aliphatic heterocycles. The van der Waals surface area contributed by atoms with Crippen molar-refractivity contribution in [3.8, 4) is 0 Å². The molecule has 0 radical (unpaired) electrons. The highest BCUT2D eigenvalue weighted by atomic mass is 19.1. The summed E-state index contributed by atoms with van der Waals surface area (Å²) in [6, 6.07) is 3.51. The highest BCUT2D eigenvalue weighted by Crippen LogP contribution is 2.10. The first-order valence-electron chi connectivity index (χ1n) is 5.51. The second-order valence-corrected chi connectivity index (χ2v) is 3.99. The molecule has 0 unspecified atom stereocenters. The largest absolute Gasteiger partial charge is 0.478 e. The van der Waals surface area contributed by atoms with Crippen LogP contribution in [-0.4, -0.2) is 36.1 Å². The molecule has 1 rings (SSSR count). The lowest BCUT2D eigenvalue weighted by Crippen LogP contribution is -2.21. The van der Waals surface area contributed by atoms with Crippen molar-refractivity contribution in [2.75, 3.05) is 20.1 Å². The van der Waals surface area contributed by atoms with Crippen molar-refractivity contribution >= 4 is 5.97 Å². The maximum absolute atomic E-state index is 13.3. The summed E-state index contributed by atoms with van der Waals surface area (Å²) < 4.78 is 26.0. The maximum atomic E-state index is 13.3. The second kappa shape index (κ2) is 6.86. The van der Waals surface area contributed by atoms with Crippen molar-refractivity contribution in [3.05, 3.63) is 47.5 Å².